The smallest absolute Gasteiger partial charge is 0.315 e. The highest BCUT2D eigenvalue weighted by molar-refractivity contribution is 7.91. The molecule has 2 fully saturated rings. The molecule has 7 nitrogen and oxygen atoms in total. The average molecular weight is 318 g/mol. The van der Waals surface area contributed by atoms with Gasteiger partial charge in [-0.05, 0) is 25.2 Å². The van der Waals surface area contributed by atoms with Crippen LogP contribution in [0, 0.1) is 11.8 Å². The van der Waals surface area contributed by atoms with Gasteiger partial charge >= 0.3 is 12.0 Å². The fourth-order valence-corrected chi connectivity index (χ4v) is 4.82. The third kappa shape index (κ3) is 4.59. The normalized spacial score (nSPS) is 31.5. The van der Waals surface area contributed by atoms with E-state index in [4.69, 9.17) is 5.11 Å². The van der Waals surface area contributed by atoms with E-state index in [0.29, 0.717) is 19.4 Å². The summed E-state index contributed by atoms with van der Waals surface area (Å²) in [5.41, 5.74) is 0. The monoisotopic (exact) mass is 318 g/mol. The van der Waals surface area contributed by atoms with Crippen LogP contribution in [-0.2, 0) is 14.6 Å². The number of carbonyl (C=O) groups excluding carboxylic acids is 1. The number of carbonyl (C=O) groups is 2. The third-order valence-electron chi connectivity index (χ3n) is 4.32. The summed E-state index contributed by atoms with van der Waals surface area (Å²) >= 11 is 0. The summed E-state index contributed by atoms with van der Waals surface area (Å²) in [6.45, 7) is 0.322. The summed E-state index contributed by atoms with van der Waals surface area (Å²) < 4.78 is 22.6. The maximum absolute atomic E-state index is 11.8. The molecule has 1 aliphatic carbocycles. The van der Waals surface area contributed by atoms with E-state index < -0.39 is 27.8 Å². The molecule has 1 heterocycles. The summed E-state index contributed by atoms with van der Waals surface area (Å²) in [6.07, 6.45) is 3.80. The predicted molar refractivity (Wildman–Crippen MR) is 76.7 cm³/mol. The number of aliphatic carboxylic acids is 1. The van der Waals surface area contributed by atoms with Gasteiger partial charge in [0.05, 0.1) is 17.4 Å². The minimum absolute atomic E-state index is 0.0123. The van der Waals surface area contributed by atoms with Gasteiger partial charge in [0.1, 0.15) is 0 Å². The summed E-state index contributed by atoms with van der Waals surface area (Å²) in [7, 11) is -3.02. The first kappa shape index (κ1) is 16.1. The number of rotatable bonds is 4. The Balaban J connectivity index is 1.77. The van der Waals surface area contributed by atoms with Crippen molar-refractivity contribution in [1.82, 2.24) is 10.6 Å². The maximum atomic E-state index is 11.8. The Morgan fingerprint density at radius 2 is 1.86 bits per heavy atom. The predicted octanol–water partition coefficient (Wildman–Crippen LogP) is 0.364. The van der Waals surface area contributed by atoms with Crippen LogP contribution in [0.1, 0.15) is 32.1 Å². The largest absolute Gasteiger partial charge is 0.481 e. The molecule has 0 spiro atoms. The molecule has 0 aromatic carbocycles. The Labute approximate surface area is 124 Å². The lowest BCUT2D eigenvalue weighted by atomic mass is 9.79. The van der Waals surface area contributed by atoms with Gasteiger partial charge in [-0.25, -0.2) is 13.2 Å². The Morgan fingerprint density at radius 1 is 1.14 bits per heavy atom. The van der Waals surface area contributed by atoms with Crippen molar-refractivity contribution in [3.63, 3.8) is 0 Å². The van der Waals surface area contributed by atoms with E-state index in [1.807, 2.05) is 0 Å². The minimum Gasteiger partial charge on any atom is -0.481 e. The van der Waals surface area contributed by atoms with Crippen LogP contribution in [0.4, 0.5) is 4.79 Å². The summed E-state index contributed by atoms with van der Waals surface area (Å²) in [6, 6.07) is -0.747. The molecule has 0 radical (unpaired) electrons. The van der Waals surface area contributed by atoms with E-state index in [-0.39, 0.29) is 23.5 Å². The van der Waals surface area contributed by atoms with Gasteiger partial charge in [0.15, 0.2) is 9.84 Å². The molecule has 3 unspecified atom stereocenters. The van der Waals surface area contributed by atoms with Gasteiger partial charge in [-0.15, -0.1) is 0 Å². The minimum atomic E-state index is -3.02. The molecule has 1 saturated carbocycles. The van der Waals surface area contributed by atoms with Crippen LogP contribution in [-0.4, -0.2) is 49.6 Å². The molecule has 120 valence electrons. The SMILES string of the molecule is O=C(NCC1CCCCC1C(=O)O)NC1CCS(=O)(=O)C1. The molecule has 0 bridgehead atoms. The highest BCUT2D eigenvalue weighted by atomic mass is 32.2. The second-order valence-electron chi connectivity index (χ2n) is 5.94. The van der Waals surface area contributed by atoms with Crippen molar-refractivity contribution in [3.8, 4) is 0 Å². The molecule has 2 amide bonds. The molecule has 1 saturated heterocycles. The van der Waals surface area contributed by atoms with E-state index in [9.17, 15) is 18.0 Å². The number of urea groups is 1. The molecule has 0 aromatic rings. The number of carboxylic acids is 1. The lowest BCUT2D eigenvalue weighted by molar-refractivity contribution is -0.144. The Morgan fingerprint density at radius 3 is 2.48 bits per heavy atom. The van der Waals surface area contributed by atoms with Crippen molar-refractivity contribution in [2.45, 2.75) is 38.1 Å². The lowest BCUT2D eigenvalue weighted by Crippen LogP contribution is -2.45. The molecule has 1 aliphatic heterocycles. The molecule has 0 aromatic heterocycles. The van der Waals surface area contributed by atoms with Crippen molar-refractivity contribution in [1.29, 1.82) is 0 Å². The topological polar surface area (TPSA) is 113 Å². The molecule has 3 atom stereocenters. The number of carboxylic acid groups (broad SMARTS) is 1. The van der Waals surface area contributed by atoms with Gasteiger partial charge in [0.2, 0.25) is 0 Å². The van der Waals surface area contributed by atoms with Gasteiger partial charge in [-0.1, -0.05) is 12.8 Å². The highest BCUT2D eigenvalue weighted by Crippen LogP contribution is 2.29. The van der Waals surface area contributed by atoms with Gasteiger partial charge < -0.3 is 15.7 Å². The first-order valence-corrected chi connectivity index (χ1v) is 9.17. The zero-order chi connectivity index (χ0) is 15.5. The maximum Gasteiger partial charge on any atom is 0.315 e. The molecular weight excluding hydrogens is 296 g/mol. The van der Waals surface area contributed by atoms with Gasteiger partial charge in [-0.3, -0.25) is 4.79 Å². The third-order valence-corrected chi connectivity index (χ3v) is 6.09. The molecule has 2 rings (SSSR count). The second kappa shape index (κ2) is 6.64. The zero-order valence-electron chi connectivity index (χ0n) is 11.9. The number of amides is 2. The van der Waals surface area contributed by atoms with Crippen LogP contribution in [0.3, 0.4) is 0 Å². The first-order chi connectivity index (χ1) is 9.87. The fraction of sp³-hybridized carbons (Fsp3) is 0.846. The van der Waals surface area contributed by atoms with E-state index in [2.05, 4.69) is 10.6 Å². The van der Waals surface area contributed by atoms with E-state index in [1.54, 1.807) is 0 Å². The summed E-state index contributed by atoms with van der Waals surface area (Å²) in [5, 5.41) is 14.5. The quantitative estimate of drug-likeness (QED) is 0.693. The Hall–Kier alpha value is -1.31. The van der Waals surface area contributed by atoms with E-state index >= 15 is 0 Å². The van der Waals surface area contributed by atoms with Crippen LogP contribution >= 0.6 is 0 Å². The van der Waals surface area contributed by atoms with Crippen molar-refractivity contribution in [3.05, 3.63) is 0 Å². The fourth-order valence-electron chi connectivity index (χ4n) is 3.15. The van der Waals surface area contributed by atoms with Crippen LogP contribution < -0.4 is 10.6 Å². The summed E-state index contributed by atoms with van der Waals surface area (Å²) in [5.74, 6) is -1.15. The van der Waals surface area contributed by atoms with Crippen LogP contribution in [0.5, 0.6) is 0 Å². The van der Waals surface area contributed by atoms with Crippen molar-refractivity contribution >= 4 is 21.8 Å². The van der Waals surface area contributed by atoms with Crippen LogP contribution in [0.2, 0.25) is 0 Å². The first-order valence-electron chi connectivity index (χ1n) is 7.35. The summed E-state index contributed by atoms with van der Waals surface area (Å²) in [4.78, 5) is 22.9. The van der Waals surface area contributed by atoms with Crippen LogP contribution in [0.25, 0.3) is 0 Å². The van der Waals surface area contributed by atoms with Crippen LogP contribution in [0.15, 0.2) is 0 Å². The molecular formula is C13H22N2O5S. The lowest BCUT2D eigenvalue weighted by Gasteiger charge is -2.28. The second-order valence-corrected chi connectivity index (χ2v) is 8.17. The molecule has 3 N–H and O–H groups in total. The van der Waals surface area contributed by atoms with Crippen molar-refractivity contribution in [2.24, 2.45) is 11.8 Å². The number of hydrogen-bond acceptors (Lipinski definition) is 4. The van der Waals surface area contributed by atoms with Gasteiger partial charge in [-0.2, -0.15) is 0 Å². The number of hydrogen-bond donors (Lipinski definition) is 3. The Bertz CT molecular complexity index is 505. The van der Waals surface area contributed by atoms with Crippen molar-refractivity contribution < 1.29 is 23.1 Å². The Kier molecular flexibility index (Phi) is 5.08. The van der Waals surface area contributed by atoms with Crippen molar-refractivity contribution in [2.75, 3.05) is 18.1 Å². The molecule has 21 heavy (non-hydrogen) atoms. The standard InChI is InChI=1S/C13H22N2O5S/c16-12(17)11-4-2-1-3-9(11)7-14-13(18)15-10-5-6-21(19,20)8-10/h9-11H,1-8H2,(H,16,17)(H2,14,15,18). The molecule has 2 aliphatic rings. The average Bonchev–Trinajstić information content (AvgIpc) is 2.75. The zero-order valence-corrected chi connectivity index (χ0v) is 12.7. The van der Waals surface area contributed by atoms with Gasteiger partial charge in [0.25, 0.3) is 0 Å². The van der Waals surface area contributed by atoms with E-state index in [0.717, 1.165) is 19.3 Å². The number of sulfone groups is 1. The van der Waals surface area contributed by atoms with Gasteiger partial charge in [0, 0.05) is 12.6 Å². The van der Waals surface area contributed by atoms with E-state index in [1.165, 1.54) is 0 Å². The molecule has 8 heteroatoms. The number of nitrogens with one attached hydrogen (secondary N) is 2. The highest BCUT2D eigenvalue weighted by Gasteiger charge is 2.32.